The molecular formula is C16H26BN3O. The highest BCUT2D eigenvalue weighted by Gasteiger charge is 2.39. The van der Waals surface area contributed by atoms with Crippen LogP contribution < -0.4 is 5.23 Å². The van der Waals surface area contributed by atoms with Crippen LogP contribution in [-0.2, 0) is 6.54 Å². The van der Waals surface area contributed by atoms with Crippen LogP contribution in [0.5, 0.6) is 0 Å². The monoisotopic (exact) mass is 287 g/mol. The molecule has 1 aromatic carbocycles. The summed E-state index contributed by atoms with van der Waals surface area (Å²) >= 11 is 0. The highest BCUT2D eigenvalue weighted by molar-refractivity contribution is 6.45. The van der Waals surface area contributed by atoms with Crippen molar-refractivity contribution in [1.29, 1.82) is 0 Å². The van der Waals surface area contributed by atoms with E-state index in [1.165, 1.54) is 5.56 Å². The first-order chi connectivity index (χ1) is 10.1. The SMILES string of the molecule is CB(O)NC1C[C@H]2CN(Cc3ccccc3)C[C@@H](C)N2C1. The van der Waals surface area contributed by atoms with Gasteiger partial charge in [-0.2, -0.15) is 0 Å². The lowest BCUT2D eigenvalue weighted by Gasteiger charge is -2.42. The van der Waals surface area contributed by atoms with Crippen LogP contribution in [0.4, 0.5) is 0 Å². The van der Waals surface area contributed by atoms with Gasteiger partial charge in [0.15, 0.2) is 0 Å². The summed E-state index contributed by atoms with van der Waals surface area (Å²) in [5.74, 6) is 0. The quantitative estimate of drug-likeness (QED) is 0.812. The fraction of sp³-hybridized carbons (Fsp3) is 0.625. The lowest BCUT2D eigenvalue weighted by atomic mass is 9.87. The Balaban J connectivity index is 1.60. The minimum atomic E-state index is -0.410. The molecule has 4 nitrogen and oxygen atoms in total. The van der Waals surface area contributed by atoms with Crippen LogP contribution in [0.1, 0.15) is 18.9 Å². The second kappa shape index (κ2) is 6.49. The largest absolute Gasteiger partial charge is 0.437 e. The molecule has 0 aromatic heterocycles. The van der Waals surface area contributed by atoms with Gasteiger partial charge in [0.25, 0.3) is 0 Å². The predicted octanol–water partition coefficient (Wildman–Crippen LogP) is 1.03. The second-order valence-electron chi connectivity index (χ2n) is 6.65. The van der Waals surface area contributed by atoms with Crippen molar-refractivity contribution in [2.45, 2.75) is 44.8 Å². The number of hydrogen-bond acceptors (Lipinski definition) is 4. The van der Waals surface area contributed by atoms with Crippen LogP contribution in [0, 0.1) is 0 Å². The summed E-state index contributed by atoms with van der Waals surface area (Å²) in [6, 6.07) is 12.4. The third kappa shape index (κ3) is 3.66. The topological polar surface area (TPSA) is 38.7 Å². The van der Waals surface area contributed by atoms with E-state index in [0.29, 0.717) is 18.1 Å². The second-order valence-corrected chi connectivity index (χ2v) is 6.65. The summed E-state index contributed by atoms with van der Waals surface area (Å²) in [5.41, 5.74) is 1.40. The van der Waals surface area contributed by atoms with E-state index >= 15 is 0 Å². The van der Waals surface area contributed by atoms with Crippen molar-refractivity contribution >= 4 is 7.05 Å². The Kier molecular flexibility index (Phi) is 4.64. The van der Waals surface area contributed by atoms with Crippen molar-refractivity contribution < 1.29 is 5.02 Å². The number of benzene rings is 1. The summed E-state index contributed by atoms with van der Waals surface area (Å²) in [6.45, 7) is 8.52. The molecule has 0 spiro atoms. The molecule has 0 radical (unpaired) electrons. The first-order valence-corrected chi connectivity index (χ1v) is 8.08. The Hall–Kier alpha value is -0.875. The normalized spacial score (nSPS) is 30.3. The summed E-state index contributed by atoms with van der Waals surface area (Å²) in [7, 11) is -0.410. The minimum absolute atomic E-state index is 0.410. The summed E-state index contributed by atoms with van der Waals surface area (Å²) in [5, 5.41) is 12.8. The standard InChI is InChI=1S/C16H26BN3O/c1-13-9-19(10-14-6-4-3-5-7-14)12-16-8-15(11-20(13)16)18-17(2)21/h3-7,13,15-16,18,21H,8-12H2,1-2H3/t13-,15?,16+/m1/s1. The van der Waals surface area contributed by atoms with Gasteiger partial charge in [-0.15, -0.1) is 0 Å². The van der Waals surface area contributed by atoms with E-state index in [1.807, 2.05) is 6.82 Å². The zero-order chi connectivity index (χ0) is 14.8. The smallest absolute Gasteiger partial charge is 0.373 e. The summed E-state index contributed by atoms with van der Waals surface area (Å²) in [6.07, 6.45) is 1.14. The van der Waals surface area contributed by atoms with Crippen molar-refractivity contribution in [3.05, 3.63) is 35.9 Å². The number of rotatable bonds is 4. The molecule has 3 atom stereocenters. The maximum Gasteiger partial charge on any atom is 0.373 e. The molecule has 114 valence electrons. The van der Waals surface area contributed by atoms with E-state index in [0.717, 1.165) is 32.6 Å². The van der Waals surface area contributed by atoms with Gasteiger partial charge in [-0.05, 0) is 25.7 Å². The van der Waals surface area contributed by atoms with Crippen LogP contribution in [0.3, 0.4) is 0 Å². The van der Waals surface area contributed by atoms with E-state index in [1.54, 1.807) is 0 Å². The highest BCUT2D eigenvalue weighted by atomic mass is 16.2. The molecule has 0 amide bonds. The van der Waals surface area contributed by atoms with Gasteiger partial charge in [-0.3, -0.25) is 9.80 Å². The van der Waals surface area contributed by atoms with E-state index in [9.17, 15) is 5.02 Å². The van der Waals surface area contributed by atoms with Crippen molar-refractivity contribution in [1.82, 2.24) is 15.0 Å². The number of piperazine rings is 1. The average molecular weight is 287 g/mol. The lowest BCUT2D eigenvalue weighted by molar-refractivity contribution is 0.0543. The molecule has 0 aliphatic carbocycles. The fourth-order valence-corrected chi connectivity index (χ4v) is 3.94. The lowest BCUT2D eigenvalue weighted by Crippen LogP contribution is -2.54. The Morgan fingerprint density at radius 2 is 2.00 bits per heavy atom. The third-order valence-electron chi connectivity index (χ3n) is 4.74. The fourth-order valence-electron chi connectivity index (χ4n) is 3.94. The predicted molar refractivity (Wildman–Crippen MR) is 87.1 cm³/mol. The molecule has 2 saturated heterocycles. The highest BCUT2D eigenvalue weighted by Crippen LogP contribution is 2.26. The van der Waals surface area contributed by atoms with Crippen LogP contribution in [0.15, 0.2) is 30.3 Å². The van der Waals surface area contributed by atoms with Gasteiger partial charge in [0.2, 0.25) is 0 Å². The van der Waals surface area contributed by atoms with Crippen LogP contribution in [0.2, 0.25) is 6.82 Å². The van der Waals surface area contributed by atoms with Gasteiger partial charge < -0.3 is 10.3 Å². The van der Waals surface area contributed by atoms with Crippen LogP contribution in [-0.4, -0.2) is 59.6 Å². The van der Waals surface area contributed by atoms with E-state index in [4.69, 9.17) is 0 Å². The molecule has 3 rings (SSSR count). The van der Waals surface area contributed by atoms with Gasteiger partial charge in [0, 0.05) is 44.3 Å². The Morgan fingerprint density at radius 3 is 2.71 bits per heavy atom. The maximum absolute atomic E-state index is 9.52. The zero-order valence-electron chi connectivity index (χ0n) is 13.1. The molecular weight excluding hydrogens is 261 g/mol. The number of fused-ring (bicyclic) bond motifs is 1. The first-order valence-electron chi connectivity index (χ1n) is 8.08. The molecule has 21 heavy (non-hydrogen) atoms. The first kappa shape index (κ1) is 15.0. The molecule has 2 aliphatic rings. The van der Waals surface area contributed by atoms with Crippen molar-refractivity contribution in [2.75, 3.05) is 19.6 Å². The van der Waals surface area contributed by atoms with Crippen molar-refractivity contribution in [3.8, 4) is 0 Å². The molecule has 0 saturated carbocycles. The summed E-state index contributed by atoms with van der Waals surface area (Å²) in [4.78, 5) is 5.19. The zero-order valence-corrected chi connectivity index (χ0v) is 13.1. The Bertz CT molecular complexity index is 456. The van der Waals surface area contributed by atoms with Gasteiger partial charge in [0.1, 0.15) is 0 Å². The number of nitrogens with one attached hydrogen (secondary N) is 1. The minimum Gasteiger partial charge on any atom is -0.437 e. The van der Waals surface area contributed by atoms with Crippen LogP contribution in [0.25, 0.3) is 0 Å². The van der Waals surface area contributed by atoms with E-state index < -0.39 is 7.05 Å². The number of hydrogen-bond donors (Lipinski definition) is 2. The van der Waals surface area contributed by atoms with Crippen molar-refractivity contribution in [3.63, 3.8) is 0 Å². The van der Waals surface area contributed by atoms with Gasteiger partial charge in [-0.1, -0.05) is 30.3 Å². The number of nitrogens with zero attached hydrogens (tertiary/aromatic N) is 2. The summed E-state index contributed by atoms with van der Waals surface area (Å²) < 4.78 is 0. The molecule has 5 heteroatoms. The molecule has 0 bridgehead atoms. The average Bonchev–Trinajstić information content (AvgIpc) is 2.82. The molecule has 2 N–H and O–H groups in total. The maximum atomic E-state index is 9.52. The van der Waals surface area contributed by atoms with E-state index in [2.05, 4.69) is 52.3 Å². The van der Waals surface area contributed by atoms with Crippen LogP contribution >= 0.6 is 0 Å². The molecule has 1 unspecified atom stereocenters. The Labute approximate surface area is 128 Å². The molecule has 2 fully saturated rings. The van der Waals surface area contributed by atoms with Gasteiger partial charge in [-0.25, -0.2) is 0 Å². The van der Waals surface area contributed by atoms with Gasteiger partial charge in [0.05, 0.1) is 0 Å². The van der Waals surface area contributed by atoms with E-state index in [-0.39, 0.29) is 0 Å². The van der Waals surface area contributed by atoms with Crippen molar-refractivity contribution in [2.24, 2.45) is 0 Å². The molecule has 2 heterocycles. The molecule has 1 aromatic rings. The molecule has 2 aliphatic heterocycles. The van der Waals surface area contributed by atoms with Gasteiger partial charge >= 0.3 is 7.05 Å². The Morgan fingerprint density at radius 1 is 1.24 bits per heavy atom. The third-order valence-corrected chi connectivity index (χ3v) is 4.74.